The number of anilines is 1. The number of ether oxygens (including phenoxy) is 3. The third-order valence-corrected chi connectivity index (χ3v) is 6.59. The van der Waals surface area contributed by atoms with E-state index in [1.54, 1.807) is 24.3 Å². The largest absolute Gasteiger partial charge is 0.496 e. The Kier molecular flexibility index (Phi) is 4.27. The van der Waals surface area contributed by atoms with Crippen molar-refractivity contribution < 1.29 is 22.6 Å². The molecule has 2 aromatic carbocycles. The molecule has 1 aliphatic carbocycles. The molecule has 0 unspecified atom stereocenters. The van der Waals surface area contributed by atoms with Gasteiger partial charge in [-0.15, -0.1) is 0 Å². The van der Waals surface area contributed by atoms with Crippen LogP contribution in [-0.2, 0) is 10.0 Å². The van der Waals surface area contributed by atoms with Gasteiger partial charge >= 0.3 is 0 Å². The summed E-state index contributed by atoms with van der Waals surface area (Å²) in [5.41, 5.74) is 0.425. The molecule has 1 aliphatic heterocycles. The summed E-state index contributed by atoms with van der Waals surface area (Å²) in [4.78, 5) is 0.134. The van der Waals surface area contributed by atoms with Crippen molar-refractivity contribution in [3.8, 4) is 17.2 Å². The van der Waals surface area contributed by atoms with Crippen LogP contribution in [0.15, 0.2) is 45.8 Å². The van der Waals surface area contributed by atoms with E-state index < -0.39 is 15.8 Å². The zero-order valence-electron chi connectivity index (χ0n) is 14.1. The highest BCUT2D eigenvalue weighted by Crippen LogP contribution is 2.47. The van der Waals surface area contributed by atoms with Gasteiger partial charge in [0, 0.05) is 18.9 Å². The van der Waals surface area contributed by atoms with Gasteiger partial charge in [0.15, 0.2) is 11.5 Å². The molecule has 0 amide bonds. The number of fused-ring (bicyclic) bond motifs is 1. The van der Waals surface area contributed by atoms with Crippen LogP contribution >= 0.6 is 15.9 Å². The van der Waals surface area contributed by atoms with Crippen molar-refractivity contribution >= 4 is 31.6 Å². The Morgan fingerprint density at radius 3 is 2.50 bits per heavy atom. The maximum absolute atomic E-state index is 12.7. The summed E-state index contributed by atoms with van der Waals surface area (Å²) in [6, 6.07) is 9.67. The van der Waals surface area contributed by atoms with Crippen molar-refractivity contribution in [3.63, 3.8) is 0 Å². The predicted octanol–water partition coefficient (Wildman–Crippen LogP) is 4.30. The molecule has 1 heterocycles. The Bertz CT molecular complexity index is 954. The molecule has 26 heavy (non-hydrogen) atoms. The highest BCUT2D eigenvalue weighted by Gasteiger charge is 2.44. The fraction of sp³-hybridized carbons (Fsp3) is 0.333. The maximum atomic E-state index is 12.7. The Hall–Kier alpha value is -1.93. The first kappa shape index (κ1) is 17.5. The lowest BCUT2D eigenvalue weighted by Crippen LogP contribution is -2.34. The van der Waals surface area contributed by atoms with Gasteiger partial charge in [0.05, 0.1) is 22.2 Å². The quantitative estimate of drug-likeness (QED) is 0.768. The van der Waals surface area contributed by atoms with Gasteiger partial charge in [0.1, 0.15) is 5.75 Å². The molecule has 0 bridgehead atoms. The second-order valence-corrected chi connectivity index (χ2v) is 8.92. The van der Waals surface area contributed by atoms with E-state index in [0.29, 0.717) is 27.4 Å². The SMILES string of the molecule is COc1ccc(S(=O)(=O)Nc2ccc3c(c2)OC2(CCCC2)O3)cc1Br. The first-order valence-electron chi connectivity index (χ1n) is 8.29. The first-order valence-corrected chi connectivity index (χ1v) is 10.6. The molecule has 1 fully saturated rings. The van der Waals surface area contributed by atoms with Crippen molar-refractivity contribution in [2.75, 3.05) is 11.8 Å². The van der Waals surface area contributed by atoms with E-state index in [0.717, 1.165) is 25.7 Å². The molecular formula is C18H18BrNO5S. The fourth-order valence-corrected chi connectivity index (χ4v) is 5.07. The number of benzene rings is 2. The van der Waals surface area contributed by atoms with Crippen LogP contribution in [0.2, 0.25) is 0 Å². The van der Waals surface area contributed by atoms with E-state index in [-0.39, 0.29) is 4.90 Å². The highest BCUT2D eigenvalue weighted by molar-refractivity contribution is 9.10. The standard InChI is InChI=1S/C18H18BrNO5S/c1-23-15-7-5-13(11-14(15)19)26(21,22)20-12-4-6-16-17(10-12)25-18(24-16)8-2-3-9-18/h4-7,10-11,20H,2-3,8-9H2,1H3. The molecule has 1 saturated carbocycles. The Labute approximate surface area is 160 Å². The Balaban J connectivity index is 1.57. The molecule has 1 N–H and O–H groups in total. The Morgan fingerprint density at radius 1 is 1.08 bits per heavy atom. The number of sulfonamides is 1. The molecular weight excluding hydrogens is 422 g/mol. The van der Waals surface area contributed by atoms with Gasteiger partial charge in [-0.05, 0) is 59.1 Å². The average Bonchev–Trinajstić information content (AvgIpc) is 3.20. The normalized spacial score (nSPS) is 17.5. The molecule has 0 atom stereocenters. The molecule has 0 radical (unpaired) electrons. The van der Waals surface area contributed by atoms with Crippen LogP contribution in [0, 0.1) is 0 Å². The second kappa shape index (κ2) is 6.35. The van der Waals surface area contributed by atoms with Crippen LogP contribution < -0.4 is 18.9 Å². The summed E-state index contributed by atoms with van der Waals surface area (Å²) in [7, 11) is -2.21. The van der Waals surface area contributed by atoms with Gasteiger partial charge in [0.25, 0.3) is 15.8 Å². The van der Waals surface area contributed by atoms with E-state index in [2.05, 4.69) is 20.7 Å². The van der Waals surface area contributed by atoms with Crippen molar-refractivity contribution in [3.05, 3.63) is 40.9 Å². The monoisotopic (exact) mass is 439 g/mol. The number of hydrogen-bond donors (Lipinski definition) is 1. The summed E-state index contributed by atoms with van der Waals surface area (Å²) in [5, 5.41) is 0. The number of nitrogens with one attached hydrogen (secondary N) is 1. The summed E-state index contributed by atoms with van der Waals surface area (Å²) in [6.45, 7) is 0. The van der Waals surface area contributed by atoms with Crippen molar-refractivity contribution in [2.45, 2.75) is 36.4 Å². The van der Waals surface area contributed by atoms with E-state index in [1.165, 1.54) is 19.2 Å². The van der Waals surface area contributed by atoms with Crippen LogP contribution in [0.5, 0.6) is 17.2 Å². The summed E-state index contributed by atoms with van der Waals surface area (Å²) < 4.78 is 45.5. The van der Waals surface area contributed by atoms with Crippen LogP contribution in [0.1, 0.15) is 25.7 Å². The summed E-state index contributed by atoms with van der Waals surface area (Å²) >= 11 is 3.31. The molecule has 6 nitrogen and oxygen atoms in total. The van der Waals surface area contributed by atoms with Crippen LogP contribution in [0.3, 0.4) is 0 Å². The van der Waals surface area contributed by atoms with Gasteiger partial charge in [-0.1, -0.05) is 0 Å². The predicted molar refractivity (Wildman–Crippen MR) is 100 cm³/mol. The Morgan fingerprint density at radius 2 is 1.81 bits per heavy atom. The maximum Gasteiger partial charge on any atom is 0.261 e. The van der Waals surface area contributed by atoms with Crippen molar-refractivity contribution in [1.82, 2.24) is 0 Å². The van der Waals surface area contributed by atoms with Gasteiger partial charge in [0.2, 0.25) is 0 Å². The van der Waals surface area contributed by atoms with Crippen LogP contribution in [0.25, 0.3) is 0 Å². The summed E-state index contributed by atoms with van der Waals surface area (Å²) in [5.74, 6) is 1.22. The lowest BCUT2D eigenvalue weighted by atomic mass is 10.2. The van der Waals surface area contributed by atoms with E-state index in [1.807, 2.05) is 0 Å². The number of rotatable bonds is 4. The molecule has 1 spiro atoms. The lowest BCUT2D eigenvalue weighted by Gasteiger charge is -2.21. The zero-order chi connectivity index (χ0) is 18.4. The zero-order valence-corrected chi connectivity index (χ0v) is 16.5. The minimum atomic E-state index is -3.74. The smallest absolute Gasteiger partial charge is 0.261 e. The van der Waals surface area contributed by atoms with Gasteiger partial charge < -0.3 is 14.2 Å². The number of methoxy groups -OCH3 is 1. The van der Waals surface area contributed by atoms with Gasteiger partial charge in [-0.2, -0.15) is 0 Å². The molecule has 138 valence electrons. The van der Waals surface area contributed by atoms with E-state index in [4.69, 9.17) is 14.2 Å². The number of halogens is 1. The molecule has 8 heteroatoms. The van der Waals surface area contributed by atoms with E-state index in [9.17, 15) is 8.42 Å². The van der Waals surface area contributed by atoms with Crippen LogP contribution in [-0.4, -0.2) is 21.3 Å². The third kappa shape index (κ3) is 3.12. The minimum absolute atomic E-state index is 0.134. The molecule has 0 saturated heterocycles. The fourth-order valence-electron chi connectivity index (χ4n) is 3.30. The second-order valence-electron chi connectivity index (χ2n) is 6.39. The molecule has 2 aromatic rings. The van der Waals surface area contributed by atoms with Crippen molar-refractivity contribution in [2.24, 2.45) is 0 Å². The summed E-state index contributed by atoms with van der Waals surface area (Å²) in [6.07, 6.45) is 3.84. The molecule has 0 aromatic heterocycles. The number of hydrogen-bond acceptors (Lipinski definition) is 5. The third-order valence-electron chi connectivity index (χ3n) is 4.59. The first-order chi connectivity index (χ1) is 12.4. The molecule has 2 aliphatic rings. The van der Waals surface area contributed by atoms with Crippen molar-refractivity contribution in [1.29, 1.82) is 0 Å². The van der Waals surface area contributed by atoms with Gasteiger partial charge in [-0.25, -0.2) is 8.42 Å². The minimum Gasteiger partial charge on any atom is -0.496 e. The van der Waals surface area contributed by atoms with E-state index >= 15 is 0 Å². The highest BCUT2D eigenvalue weighted by atomic mass is 79.9. The topological polar surface area (TPSA) is 73.9 Å². The lowest BCUT2D eigenvalue weighted by molar-refractivity contribution is -0.0716. The van der Waals surface area contributed by atoms with Gasteiger partial charge in [-0.3, -0.25) is 4.72 Å². The average molecular weight is 440 g/mol. The molecule has 4 rings (SSSR count). The van der Waals surface area contributed by atoms with Crippen LogP contribution in [0.4, 0.5) is 5.69 Å².